The number of carbonyl (C=O) groups excluding carboxylic acids is 1. The molecule has 0 aliphatic carbocycles. The van der Waals surface area contributed by atoms with E-state index >= 15 is 0 Å². The van der Waals surface area contributed by atoms with Crippen LogP contribution >= 0.6 is 0 Å². The van der Waals surface area contributed by atoms with E-state index in [4.69, 9.17) is 9.15 Å². The van der Waals surface area contributed by atoms with Crippen molar-refractivity contribution < 1.29 is 13.9 Å². The Bertz CT molecular complexity index is 563. The van der Waals surface area contributed by atoms with Gasteiger partial charge in [0.15, 0.2) is 0 Å². The Balaban J connectivity index is 1.86. The molecule has 1 aromatic heterocycles. The third-order valence-electron chi connectivity index (χ3n) is 2.60. The SMILES string of the molecule is COc1cccc(CC(=O)NCc2ncc(C)o2)c1. The van der Waals surface area contributed by atoms with Gasteiger partial charge < -0.3 is 14.5 Å². The van der Waals surface area contributed by atoms with E-state index in [0.717, 1.165) is 17.1 Å². The topological polar surface area (TPSA) is 64.4 Å². The Morgan fingerprint density at radius 1 is 1.47 bits per heavy atom. The molecule has 100 valence electrons. The number of oxazole rings is 1. The highest BCUT2D eigenvalue weighted by Gasteiger charge is 2.06. The number of nitrogens with zero attached hydrogens (tertiary/aromatic N) is 1. The fourth-order valence-electron chi connectivity index (χ4n) is 1.69. The molecule has 19 heavy (non-hydrogen) atoms. The van der Waals surface area contributed by atoms with E-state index in [1.54, 1.807) is 13.3 Å². The maximum Gasteiger partial charge on any atom is 0.224 e. The van der Waals surface area contributed by atoms with Crippen molar-refractivity contribution in [2.24, 2.45) is 0 Å². The van der Waals surface area contributed by atoms with Crippen LogP contribution in [0.25, 0.3) is 0 Å². The number of aryl methyl sites for hydroxylation is 1. The highest BCUT2D eigenvalue weighted by Crippen LogP contribution is 2.12. The molecule has 5 heteroatoms. The van der Waals surface area contributed by atoms with Gasteiger partial charge in [0.1, 0.15) is 11.5 Å². The van der Waals surface area contributed by atoms with Crippen LogP contribution in [0, 0.1) is 6.92 Å². The summed E-state index contributed by atoms with van der Waals surface area (Å²) in [5.74, 6) is 1.91. The minimum atomic E-state index is -0.0795. The number of hydrogen-bond donors (Lipinski definition) is 1. The van der Waals surface area contributed by atoms with Crippen LogP contribution in [-0.4, -0.2) is 18.0 Å². The largest absolute Gasteiger partial charge is 0.497 e. The molecule has 0 unspecified atom stereocenters. The molecule has 1 amide bonds. The van der Waals surface area contributed by atoms with Gasteiger partial charge in [-0.2, -0.15) is 0 Å². The van der Waals surface area contributed by atoms with Gasteiger partial charge in [-0.25, -0.2) is 4.98 Å². The minimum Gasteiger partial charge on any atom is -0.497 e. The Morgan fingerprint density at radius 2 is 2.32 bits per heavy atom. The van der Waals surface area contributed by atoms with E-state index in [1.807, 2.05) is 31.2 Å². The van der Waals surface area contributed by atoms with Crippen LogP contribution in [0.5, 0.6) is 5.75 Å². The molecule has 1 N–H and O–H groups in total. The third kappa shape index (κ3) is 3.84. The molecular weight excluding hydrogens is 244 g/mol. The molecule has 1 aromatic carbocycles. The molecule has 2 aromatic rings. The molecule has 0 radical (unpaired) electrons. The number of ether oxygens (including phenoxy) is 1. The van der Waals surface area contributed by atoms with Gasteiger partial charge in [-0.1, -0.05) is 12.1 Å². The summed E-state index contributed by atoms with van der Waals surface area (Å²) in [7, 11) is 1.60. The summed E-state index contributed by atoms with van der Waals surface area (Å²) in [6.07, 6.45) is 1.93. The lowest BCUT2D eigenvalue weighted by atomic mass is 10.1. The molecule has 2 rings (SSSR count). The lowest BCUT2D eigenvalue weighted by molar-refractivity contribution is -0.120. The van der Waals surface area contributed by atoms with Gasteiger partial charge >= 0.3 is 0 Å². The average Bonchev–Trinajstić information content (AvgIpc) is 2.82. The molecule has 5 nitrogen and oxygen atoms in total. The fraction of sp³-hybridized carbons (Fsp3) is 0.286. The molecule has 1 heterocycles. The van der Waals surface area contributed by atoms with Crippen molar-refractivity contribution in [1.82, 2.24) is 10.3 Å². The fourth-order valence-corrected chi connectivity index (χ4v) is 1.69. The molecule has 0 saturated heterocycles. The zero-order valence-corrected chi connectivity index (χ0v) is 11.0. The first-order chi connectivity index (χ1) is 9.17. The standard InChI is InChI=1S/C14H16N2O3/c1-10-8-16-14(19-10)9-15-13(17)7-11-4-3-5-12(6-11)18-2/h3-6,8H,7,9H2,1-2H3,(H,15,17). The molecule has 0 fully saturated rings. The average molecular weight is 260 g/mol. The molecular formula is C14H16N2O3. The van der Waals surface area contributed by atoms with E-state index < -0.39 is 0 Å². The van der Waals surface area contributed by atoms with Crippen molar-refractivity contribution in [3.63, 3.8) is 0 Å². The predicted octanol–water partition coefficient (Wildman–Crippen LogP) is 1.85. The van der Waals surface area contributed by atoms with Gasteiger partial charge in [-0.3, -0.25) is 4.79 Å². The second-order valence-electron chi connectivity index (χ2n) is 4.17. The zero-order chi connectivity index (χ0) is 13.7. The van der Waals surface area contributed by atoms with Crippen molar-refractivity contribution in [2.45, 2.75) is 19.9 Å². The summed E-state index contributed by atoms with van der Waals surface area (Å²) in [5.41, 5.74) is 0.903. The number of nitrogens with one attached hydrogen (secondary N) is 1. The molecule has 0 atom stereocenters. The summed E-state index contributed by atoms with van der Waals surface area (Å²) < 4.78 is 10.4. The second-order valence-corrected chi connectivity index (χ2v) is 4.17. The lowest BCUT2D eigenvalue weighted by Crippen LogP contribution is -2.24. The van der Waals surface area contributed by atoms with Crippen LogP contribution in [0.4, 0.5) is 0 Å². The van der Waals surface area contributed by atoms with Crippen molar-refractivity contribution in [3.05, 3.63) is 47.7 Å². The summed E-state index contributed by atoms with van der Waals surface area (Å²) in [6.45, 7) is 2.12. The van der Waals surface area contributed by atoms with E-state index in [0.29, 0.717) is 18.9 Å². The lowest BCUT2D eigenvalue weighted by Gasteiger charge is -2.05. The van der Waals surface area contributed by atoms with Crippen LogP contribution < -0.4 is 10.1 Å². The number of amides is 1. The number of carbonyl (C=O) groups is 1. The highest BCUT2D eigenvalue weighted by atomic mass is 16.5. The molecule has 0 aliphatic rings. The Hall–Kier alpha value is -2.30. The molecule has 0 aliphatic heterocycles. The van der Waals surface area contributed by atoms with Crippen LogP contribution in [-0.2, 0) is 17.8 Å². The minimum absolute atomic E-state index is 0.0795. The maximum absolute atomic E-state index is 11.8. The first-order valence-corrected chi connectivity index (χ1v) is 5.98. The van der Waals surface area contributed by atoms with Crippen LogP contribution in [0.3, 0.4) is 0 Å². The highest BCUT2D eigenvalue weighted by molar-refractivity contribution is 5.78. The smallest absolute Gasteiger partial charge is 0.224 e. The van der Waals surface area contributed by atoms with Crippen molar-refractivity contribution in [2.75, 3.05) is 7.11 Å². The number of benzene rings is 1. The van der Waals surface area contributed by atoms with Gasteiger partial charge in [0.2, 0.25) is 11.8 Å². The first-order valence-electron chi connectivity index (χ1n) is 5.98. The van der Waals surface area contributed by atoms with Gasteiger partial charge in [0.25, 0.3) is 0 Å². The normalized spacial score (nSPS) is 10.2. The molecule has 0 bridgehead atoms. The predicted molar refractivity (Wildman–Crippen MR) is 69.8 cm³/mol. The quantitative estimate of drug-likeness (QED) is 0.891. The van der Waals surface area contributed by atoms with Gasteiger partial charge in [0.05, 0.1) is 26.3 Å². The third-order valence-corrected chi connectivity index (χ3v) is 2.60. The van der Waals surface area contributed by atoms with E-state index in [2.05, 4.69) is 10.3 Å². The summed E-state index contributed by atoms with van der Waals surface area (Å²) in [5, 5.41) is 2.76. The van der Waals surface area contributed by atoms with Gasteiger partial charge in [-0.15, -0.1) is 0 Å². The maximum atomic E-state index is 11.8. The number of hydrogen-bond acceptors (Lipinski definition) is 4. The zero-order valence-electron chi connectivity index (χ0n) is 11.0. The van der Waals surface area contributed by atoms with Crippen molar-refractivity contribution in [1.29, 1.82) is 0 Å². The second kappa shape index (κ2) is 6.04. The summed E-state index contributed by atoms with van der Waals surface area (Å²) in [4.78, 5) is 15.8. The Kier molecular flexibility index (Phi) is 4.18. The summed E-state index contributed by atoms with van der Waals surface area (Å²) >= 11 is 0. The molecule has 0 saturated carbocycles. The van der Waals surface area contributed by atoms with Crippen LogP contribution in [0.1, 0.15) is 17.2 Å². The Labute approximate surface area is 111 Å². The van der Waals surface area contributed by atoms with Gasteiger partial charge in [0, 0.05) is 0 Å². The van der Waals surface area contributed by atoms with E-state index in [1.165, 1.54) is 0 Å². The van der Waals surface area contributed by atoms with Gasteiger partial charge in [-0.05, 0) is 24.6 Å². The Morgan fingerprint density at radius 3 is 3.00 bits per heavy atom. The van der Waals surface area contributed by atoms with Crippen molar-refractivity contribution >= 4 is 5.91 Å². The number of aromatic nitrogens is 1. The van der Waals surface area contributed by atoms with Crippen molar-refractivity contribution in [3.8, 4) is 5.75 Å². The number of rotatable bonds is 5. The van der Waals surface area contributed by atoms with E-state index in [-0.39, 0.29) is 5.91 Å². The summed E-state index contributed by atoms with van der Waals surface area (Å²) in [6, 6.07) is 7.43. The van der Waals surface area contributed by atoms with E-state index in [9.17, 15) is 4.79 Å². The van der Waals surface area contributed by atoms with Crippen LogP contribution in [0.15, 0.2) is 34.9 Å². The first kappa shape index (κ1) is 13.1. The van der Waals surface area contributed by atoms with Crippen LogP contribution in [0.2, 0.25) is 0 Å². The number of methoxy groups -OCH3 is 1. The molecule has 0 spiro atoms. The monoisotopic (exact) mass is 260 g/mol.